The van der Waals surface area contributed by atoms with Gasteiger partial charge in [-0.1, -0.05) is 19.3 Å². The topological polar surface area (TPSA) is 25.5 Å². The lowest BCUT2D eigenvalue weighted by atomic mass is 9.96. The lowest BCUT2D eigenvalue weighted by molar-refractivity contribution is 0.444. The molecule has 0 atom stereocenters. The first-order chi connectivity index (χ1) is 7.36. The van der Waals surface area contributed by atoms with Gasteiger partial charge in [-0.25, -0.2) is 0 Å². The summed E-state index contributed by atoms with van der Waals surface area (Å²) in [4.78, 5) is 4.63. The molecule has 0 N–H and O–H groups in total. The highest BCUT2D eigenvalue weighted by Gasteiger charge is 2.10. The molecule has 1 heterocycles. The Bertz CT molecular complexity index is 321. The van der Waals surface area contributed by atoms with Crippen molar-refractivity contribution >= 4 is 6.21 Å². The molecule has 1 aliphatic rings. The molecule has 0 saturated heterocycles. The molecule has 0 bridgehead atoms. The molecular formula is C13H19NO. The van der Waals surface area contributed by atoms with Gasteiger partial charge in [0.1, 0.15) is 5.76 Å². The number of aliphatic imine (C=N–C) groups is 1. The summed E-state index contributed by atoms with van der Waals surface area (Å²) in [5.41, 5.74) is 1.26. The van der Waals surface area contributed by atoms with E-state index in [0.29, 0.717) is 6.04 Å². The molecule has 1 fully saturated rings. The van der Waals surface area contributed by atoms with E-state index in [1.54, 1.807) is 6.26 Å². The molecule has 1 aromatic rings. The lowest BCUT2D eigenvalue weighted by Gasteiger charge is -2.16. The van der Waals surface area contributed by atoms with Crippen molar-refractivity contribution in [2.24, 2.45) is 4.99 Å². The second-order valence-electron chi connectivity index (χ2n) is 4.33. The van der Waals surface area contributed by atoms with Crippen LogP contribution in [0.15, 0.2) is 21.7 Å². The van der Waals surface area contributed by atoms with Crippen LogP contribution in [0.1, 0.15) is 43.4 Å². The first kappa shape index (κ1) is 10.5. The predicted octanol–water partition coefficient (Wildman–Crippen LogP) is 3.53. The third kappa shape index (κ3) is 2.95. The summed E-state index contributed by atoms with van der Waals surface area (Å²) >= 11 is 0. The van der Waals surface area contributed by atoms with Gasteiger partial charge < -0.3 is 4.42 Å². The third-order valence-electron chi connectivity index (χ3n) is 3.17. The van der Waals surface area contributed by atoms with Gasteiger partial charge in [0.05, 0.1) is 6.26 Å². The second kappa shape index (κ2) is 5.15. The smallest absolute Gasteiger partial charge is 0.104 e. The van der Waals surface area contributed by atoms with Crippen molar-refractivity contribution < 1.29 is 4.42 Å². The minimum absolute atomic E-state index is 0.589. The summed E-state index contributed by atoms with van der Waals surface area (Å²) in [5, 5.41) is 0. The van der Waals surface area contributed by atoms with Crippen molar-refractivity contribution in [3.05, 3.63) is 23.7 Å². The molecule has 0 radical (unpaired) electrons. The molecule has 15 heavy (non-hydrogen) atoms. The first-order valence-electron chi connectivity index (χ1n) is 5.91. The number of hydrogen-bond acceptors (Lipinski definition) is 2. The van der Waals surface area contributed by atoms with Crippen molar-refractivity contribution in [3.8, 4) is 0 Å². The summed E-state index contributed by atoms with van der Waals surface area (Å²) in [6.45, 7) is 2.00. The molecule has 1 aromatic heterocycles. The molecule has 2 nitrogen and oxygen atoms in total. The second-order valence-corrected chi connectivity index (χ2v) is 4.33. The molecule has 0 aromatic carbocycles. The monoisotopic (exact) mass is 205 g/mol. The normalized spacial score (nSPS) is 18.7. The minimum atomic E-state index is 0.589. The Labute approximate surface area is 91.4 Å². The molecule has 82 valence electrons. The minimum Gasteiger partial charge on any atom is -0.469 e. The van der Waals surface area contributed by atoms with Gasteiger partial charge in [-0.3, -0.25) is 4.99 Å². The van der Waals surface area contributed by atoms with Gasteiger partial charge >= 0.3 is 0 Å². The van der Waals surface area contributed by atoms with E-state index < -0.39 is 0 Å². The Balaban J connectivity index is 1.81. The van der Waals surface area contributed by atoms with Crippen LogP contribution in [0.3, 0.4) is 0 Å². The average Bonchev–Trinajstić information content (AvgIpc) is 2.66. The highest BCUT2D eigenvalue weighted by Crippen LogP contribution is 2.20. The fourth-order valence-corrected chi connectivity index (χ4v) is 2.15. The van der Waals surface area contributed by atoms with Crippen LogP contribution in [-0.4, -0.2) is 12.3 Å². The molecule has 2 rings (SSSR count). The van der Waals surface area contributed by atoms with Crippen molar-refractivity contribution in [2.75, 3.05) is 0 Å². The van der Waals surface area contributed by atoms with E-state index >= 15 is 0 Å². The highest BCUT2D eigenvalue weighted by molar-refractivity contribution is 5.62. The summed E-state index contributed by atoms with van der Waals surface area (Å²) in [6.07, 6.45) is 11.4. The summed E-state index contributed by atoms with van der Waals surface area (Å²) in [5.74, 6) is 1.02. The van der Waals surface area contributed by atoms with Crippen molar-refractivity contribution in [2.45, 2.75) is 51.5 Å². The van der Waals surface area contributed by atoms with Gasteiger partial charge in [0.25, 0.3) is 0 Å². The standard InChI is InChI=1S/C13H19NO/c1-11-12(8-10-15-11)7-9-14-13-5-3-2-4-6-13/h8-10,13H,2-7H2,1H3. The lowest BCUT2D eigenvalue weighted by Crippen LogP contribution is -2.09. The Kier molecular flexibility index (Phi) is 3.59. The number of hydrogen-bond donors (Lipinski definition) is 0. The maximum atomic E-state index is 5.25. The molecule has 0 aliphatic heterocycles. The molecule has 0 unspecified atom stereocenters. The number of nitrogens with zero attached hydrogens (tertiary/aromatic N) is 1. The van der Waals surface area contributed by atoms with Gasteiger partial charge in [-0.15, -0.1) is 0 Å². The summed E-state index contributed by atoms with van der Waals surface area (Å²) < 4.78 is 5.25. The van der Waals surface area contributed by atoms with Crippen LogP contribution < -0.4 is 0 Å². The predicted molar refractivity (Wildman–Crippen MR) is 62.5 cm³/mol. The van der Waals surface area contributed by atoms with Crippen LogP contribution in [0.25, 0.3) is 0 Å². The SMILES string of the molecule is Cc1occc1CC=NC1CCCCC1. The molecule has 0 amide bonds. The van der Waals surface area contributed by atoms with Crippen molar-refractivity contribution in [1.29, 1.82) is 0 Å². The van der Waals surface area contributed by atoms with Crippen LogP contribution in [0.2, 0.25) is 0 Å². The van der Waals surface area contributed by atoms with E-state index in [1.165, 1.54) is 37.7 Å². The van der Waals surface area contributed by atoms with Crippen LogP contribution in [0.5, 0.6) is 0 Å². The fraction of sp³-hybridized carbons (Fsp3) is 0.615. The third-order valence-corrected chi connectivity index (χ3v) is 3.17. The van der Waals surface area contributed by atoms with E-state index in [1.807, 2.05) is 13.0 Å². The van der Waals surface area contributed by atoms with Crippen molar-refractivity contribution in [1.82, 2.24) is 0 Å². The molecule has 0 spiro atoms. The van der Waals surface area contributed by atoms with E-state index in [-0.39, 0.29) is 0 Å². The van der Waals surface area contributed by atoms with Gasteiger partial charge in [0, 0.05) is 18.7 Å². The molecule has 1 aliphatic carbocycles. The Morgan fingerprint density at radius 3 is 2.87 bits per heavy atom. The molecule has 2 heteroatoms. The Morgan fingerprint density at radius 1 is 1.40 bits per heavy atom. The van der Waals surface area contributed by atoms with Crippen LogP contribution in [-0.2, 0) is 6.42 Å². The van der Waals surface area contributed by atoms with E-state index in [4.69, 9.17) is 4.42 Å². The molecule has 1 saturated carbocycles. The Morgan fingerprint density at radius 2 is 2.20 bits per heavy atom. The highest BCUT2D eigenvalue weighted by atomic mass is 16.3. The van der Waals surface area contributed by atoms with Gasteiger partial charge in [0.2, 0.25) is 0 Å². The first-order valence-corrected chi connectivity index (χ1v) is 5.91. The van der Waals surface area contributed by atoms with Crippen molar-refractivity contribution in [3.63, 3.8) is 0 Å². The van der Waals surface area contributed by atoms with Crippen LogP contribution >= 0.6 is 0 Å². The largest absolute Gasteiger partial charge is 0.469 e. The number of rotatable bonds is 3. The fourth-order valence-electron chi connectivity index (χ4n) is 2.15. The van der Waals surface area contributed by atoms with Crippen LogP contribution in [0, 0.1) is 6.92 Å². The summed E-state index contributed by atoms with van der Waals surface area (Å²) in [7, 11) is 0. The maximum Gasteiger partial charge on any atom is 0.104 e. The van der Waals surface area contributed by atoms with E-state index in [0.717, 1.165) is 12.2 Å². The average molecular weight is 205 g/mol. The van der Waals surface area contributed by atoms with Gasteiger partial charge in [-0.2, -0.15) is 0 Å². The quantitative estimate of drug-likeness (QED) is 0.693. The van der Waals surface area contributed by atoms with Gasteiger partial charge in [0.15, 0.2) is 0 Å². The van der Waals surface area contributed by atoms with Gasteiger partial charge in [-0.05, 0) is 31.4 Å². The zero-order valence-corrected chi connectivity index (χ0v) is 9.41. The number of aryl methyl sites for hydroxylation is 1. The maximum absolute atomic E-state index is 5.25. The zero-order chi connectivity index (χ0) is 10.5. The van der Waals surface area contributed by atoms with E-state index in [2.05, 4.69) is 11.2 Å². The molecular weight excluding hydrogens is 186 g/mol. The van der Waals surface area contributed by atoms with Crippen LogP contribution in [0.4, 0.5) is 0 Å². The number of furan rings is 1. The summed E-state index contributed by atoms with van der Waals surface area (Å²) in [6, 6.07) is 2.62. The van der Waals surface area contributed by atoms with E-state index in [9.17, 15) is 0 Å². The zero-order valence-electron chi connectivity index (χ0n) is 9.41. The Hall–Kier alpha value is -1.05.